The molecule has 0 saturated carbocycles. The maximum Gasteiger partial charge on any atom is 0.201 e. The predicted molar refractivity (Wildman–Crippen MR) is 115 cm³/mol. The van der Waals surface area contributed by atoms with Crippen molar-refractivity contribution < 1.29 is 18.6 Å². The van der Waals surface area contributed by atoms with Crippen LogP contribution in [0, 0.1) is 11.6 Å². The molecule has 1 aromatic heterocycles. The SMILES string of the molecule is C=CCOc1ccc(-c2ccc3nc(C=CCCCC(C)O)ncc3c2)c(F)c1F. The van der Waals surface area contributed by atoms with Crippen LogP contribution in [0.3, 0.4) is 0 Å². The maximum absolute atomic E-state index is 14.6. The zero-order valence-electron chi connectivity index (χ0n) is 16.8. The topological polar surface area (TPSA) is 55.2 Å². The number of aliphatic hydroxyl groups is 1. The lowest BCUT2D eigenvalue weighted by atomic mass is 10.0. The van der Waals surface area contributed by atoms with Crippen LogP contribution in [0.25, 0.3) is 28.1 Å². The Morgan fingerprint density at radius 3 is 2.80 bits per heavy atom. The van der Waals surface area contributed by atoms with Gasteiger partial charge < -0.3 is 9.84 Å². The zero-order chi connectivity index (χ0) is 21.5. The van der Waals surface area contributed by atoms with E-state index in [1.54, 1.807) is 31.3 Å². The van der Waals surface area contributed by atoms with Gasteiger partial charge in [0.15, 0.2) is 17.4 Å². The molecule has 0 spiro atoms. The monoisotopic (exact) mass is 410 g/mol. The van der Waals surface area contributed by atoms with Crippen molar-refractivity contribution in [1.82, 2.24) is 9.97 Å². The molecule has 1 unspecified atom stereocenters. The van der Waals surface area contributed by atoms with Gasteiger partial charge in [0.2, 0.25) is 5.82 Å². The van der Waals surface area contributed by atoms with Gasteiger partial charge in [0.1, 0.15) is 6.61 Å². The Labute approximate surface area is 174 Å². The molecule has 2 aromatic carbocycles. The second-order valence-corrected chi connectivity index (χ2v) is 7.02. The first kappa shape index (κ1) is 21.6. The van der Waals surface area contributed by atoms with E-state index in [4.69, 9.17) is 4.74 Å². The van der Waals surface area contributed by atoms with Crippen molar-refractivity contribution in [1.29, 1.82) is 0 Å². The minimum Gasteiger partial charge on any atom is -0.486 e. The Hall–Kier alpha value is -3.12. The van der Waals surface area contributed by atoms with Gasteiger partial charge in [-0.2, -0.15) is 4.39 Å². The minimum atomic E-state index is -1.03. The highest BCUT2D eigenvalue weighted by molar-refractivity contribution is 5.84. The summed E-state index contributed by atoms with van der Waals surface area (Å²) < 4.78 is 34.0. The summed E-state index contributed by atoms with van der Waals surface area (Å²) in [6, 6.07) is 8.09. The Morgan fingerprint density at radius 2 is 2.03 bits per heavy atom. The molecule has 0 aliphatic carbocycles. The van der Waals surface area contributed by atoms with Gasteiger partial charge in [-0.25, -0.2) is 14.4 Å². The van der Waals surface area contributed by atoms with E-state index < -0.39 is 11.6 Å². The van der Waals surface area contributed by atoms with Crippen molar-refractivity contribution in [2.24, 2.45) is 0 Å². The number of aliphatic hydroxyl groups excluding tert-OH is 1. The summed E-state index contributed by atoms with van der Waals surface area (Å²) in [5.41, 5.74) is 1.38. The fraction of sp³-hybridized carbons (Fsp3) is 0.250. The number of rotatable bonds is 9. The van der Waals surface area contributed by atoms with Gasteiger partial charge in [-0.3, -0.25) is 0 Å². The van der Waals surface area contributed by atoms with Crippen molar-refractivity contribution in [3.8, 4) is 16.9 Å². The molecular formula is C24H24F2N2O2. The van der Waals surface area contributed by atoms with Crippen LogP contribution in [0.15, 0.2) is 55.3 Å². The van der Waals surface area contributed by atoms with E-state index in [1.807, 2.05) is 12.2 Å². The van der Waals surface area contributed by atoms with E-state index in [0.717, 1.165) is 24.6 Å². The Morgan fingerprint density at radius 1 is 1.20 bits per heavy atom. The molecule has 0 radical (unpaired) electrons. The van der Waals surface area contributed by atoms with Crippen molar-refractivity contribution in [2.75, 3.05) is 6.61 Å². The molecule has 0 aliphatic rings. The number of aromatic nitrogens is 2. The minimum absolute atomic E-state index is 0.0976. The van der Waals surface area contributed by atoms with E-state index in [2.05, 4.69) is 16.5 Å². The number of benzene rings is 2. The summed E-state index contributed by atoms with van der Waals surface area (Å²) >= 11 is 0. The molecule has 0 saturated heterocycles. The van der Waals surface area contributed by atoms with Crippen LogP contribution in [0.5, 0.6) is 5.75 Å². The molecule has 0 fully saturated rings. The number of ether oxygens (including phenoxy) is 1. The highest BCUT2D eigenvalue weighted by Gasteiger charge is 2.16. The second kappa shape index (κ2) is 10.1. The number of hydrogen-bond donors (Lipinski definition) is 1. The largest absolute Gasteiger partial charge is 0.486 e. The van der Waals surface area contributed by atoms with Crippen molar-refractivity contribution in [3.05, 3.63) is 72.7 Å². The van der Waals surface area contributed by atoms with E-state index in [9.17, 15) is 13.9 Å². The first-order valence-corrected chi connectivity index (χ1v) is 9.83. The average molecular weight is 410 g/mol. The molecule has 3 aromatic rings. The van der Waals surface area contributed by atoms with Gasteiger partial charge in [0.25, 0.3) is 0 Å². The van der Waals surface area contributed by atoms with Gasteiger partial charge in [-0.05, 0) is 62.1 Å². The predicted octanol–water partition coefficient (Wildman–Crippen LogP) is 5.70. The molecule has 1 heterocycles. The number of unbranched alkanes of at least 4 members (excludes halogenated alkanes) is 1. The number of nitrogens with zero attached hydrogens (tertiary/aromatic N) is 2. The van der Waals surface area contributed by atoms with Crippen LogP contribution >= 0.6 is 0 Å². The van der Waals surface area contributed by atoms with Gasteiger partial charge in [-0.1, -0.05) is 24.8 Å². The van der Waals surface area contributed by atoms with Crippen molar-refractivity contribution in [2.45, 2.75) is 32.3 Å². The molecule has 0 amide bonds. The first-order chi connectivity index (χ1) is 14.5. The summed E-state index contributed by atoms with van der Waals surface area (Å²) in [7, 11) is 0. The molecule has 0 aliphatic heterocycles. The summed E-state index contributed by atoms with van der Waals surface area (Å²) in [6.07, 6.45) is 9.14. The molecular weight excluding hydrogens is 386 g/mol. The maximum atomic E-state index is 14.6. The lowest BCUT2D eigenvalue weighted by Gasteiger charge is -2.10. The lowest BCUT2D eigenvalue weighted by Crippen LogP contribution is -1.99. The van der Waals surface area contributed by atoms with E-state index >= 15 is 0 Å². The molecule has 156 valence electrons. The van der Waals surface area contributed by atoms with E-state index in [1.165, 1.54) is 18.2 Å². The zero-order valence-corrected chi connectivity index (χ0v) is 16.8. The quantitative estimate of drug-likeness (QED) is 0.363. The van der Waals surface area contributed by atoms with Gasteiger partial charge in [0.05, 0.1) is 11.6 Å². The standard InChI is InChI=1S/C24H24F2N2O2/c1-3-13-30-21-12-10-19(23(25)24(21)26)17-9-11-20-18(14-17)15-27-22(28-20)8-6-4-5-7-16(2)29/h3,6,8-12,14-16,29H,1,4-5,7,13H2,2H3. The lowest BCUT2D eigenvalue weighted by molar-refractivity contribution is 0.182. The number of halogens is 2. The smallest absolute Gasteiger partial charge is 0.201 e. The number of allylic oxidation sites excluding steroid dienone is 1. The van der Waals surface area contributed by atoms with Crippen LogP contribution in [0.2, 0.25) is 0 Å². The van der Waals surface area contributed by atoms with E-state index in [-0.39, 0.29) is 24.0 Å². The molecule has 1 atom stereocenters. The number of hydrogen-bond acceptors (Lipinski definition) is 4. The van der Waals surface area contributed by atoms with Crippen LogP contribution in [0.1, 0.15) is 32.0 Å². The van der Waals surface area contributed by atoms with Crippen molar-refractivity contribution in [3.63, 3.8) is 0 Å². The molecule has 6 heteroatoms. The van der Waals surface area contributed by atoms with Gasteiger partial charge in [-0.15, -0.1) is 0 Å². The second-order valence-electron chi connectivity index (χ2n) is 7.02. The Bertz CT molecular complexity index is 1060. The summed E-state index contributed by atoms with van der Waals surface area (Å²) in [5, 5.41) is 10.00. The van der Waals surface area contributed by atoms with Gasteiger partial charge in [0, 0.05) is 17.1 Å². The van der Waals surface area contributed by atoms with Crippen LogP contribution in [0.4, 0.5) is 8.78 Å². The highest BCUT2D eigenvalue weighted by atomic mass is 19.2. The molecule has 3 rings (SSSR count). The highest BCUT2D eigenvalue weighted by Crippen LogP contribution is 2.31. The summed E-state index contributed by atoms with van der Waals surface area (Å²) in [6.45, 7) is 5.36. The fourth-order valence-corrected chi connectivity index (χ4v) is 3.03. The normalized spacial score (nSPS) is 12.4. The van der Waals surface area contributed by atoms with Crippen molar-refractivity contribution >= 4 is 17.0 Å². The van der Waals surface area contributed by atoms with Crippen LogP contribution < -0.4 is 4.74 Å². The summed E-state index contributed by atoms with van der Waals surface area (Å²) in [5.74, 6) is -1.56. The third-order valence-electron chi connectivity index (χ3n) is 4.57. The first-order valence-electron chi connectivity index (χ1n) is 9.83. The molecule has 0 bridgehead atoms. The van der Waals surface area contributed by atoms with E-state index in [0.29, 0.717) is 16.9 Å². The Kier molecular flexibility index (Phi) is 7.25. The summed E-state index contributed by atoms with van der Waals surface area (Å²) in [4.78, 5) is 8.80. The third-order valence-corrected chi connectivity index (χ3v) is 4.57. The third kappa shape index (κ3) is 5.27. The average Bonchev–Trinajstić information content (AvgIpc) is 2.74. The number of fused-ring (bicyclic) bond motifs is 1. The molecule has 4 nitrogen and oxygen atoms in total. The van der Waals surface area contributed by atoms with Gasteiger partial charge >= 0.3 is 0 Å². The molecule has 30 heavy (non-hydrogen) atoms. The van der Waals surface area contributed by atoms with Crippen LogP contribution in [-0.4, -0.2) is 27.8 Å². The molecule has 1 N–H and O–H groups in total. The Balaban J connectivity index is 1.80. The van der Waals surface area contributed by atoms with Crippen LogP contribution in [-0.2, 0) is 0 Å². The fourth-order valence-electron chi connectivity index (χ4n) is 3.03.